The molecule has 0 fully saturated rings. The van der Waals surface area contributed by atoms with E-state index >= 15 is 0 Å². The number of benzene rings is 3. The van der Waals surface area contributed by atoms with Gasteiger partial charge in [0.25, 0.3) is 0 Å². The van der Waals surface area contributed by atoms with Crippen molar-refractivity contribution < 1.29 is 23.1 Å². The van der Waals surface area contributed by atoms with Crippen LogP contribution in [-0.2, 0) is 18.4 Å². The van der Waals surface area contributed by atoms with Crippen LogP contribution in [0, 0.1) is 0 Å². The second-order valence-corrected chi connectivity index (χ2v) is 9.90. The van der Waals surface area contributed by atoms with Crippen LogP contribution in [0.15, 0.2) is 66.7 Å². The van der Waals surface area contributed by atoms with Crippen molar-refractivity contribution in [1.29, 1.82) is 0 Å². The normalized spacial score (nSPS) is 13.5. The van der Waals surface area contributed by atoms with E-state index in [1.807, 2.05) is 73.7 Å². The maximum Gasteiger partial charge on any atom is 0.333 e. The van der Waals surface area contributed by atoms with Gasteiger partial charge in [-0.2, -0.15) is 0 Å². The van der Waals surface area contributed by atoms with Crippen molar-refractivity contribution in [2.45, 2.75) is 32.7 Å². The SMILES string of the molecule is CCOP(=O)(C[C@H](NC(=O)[C@@H](C)c1ccc2cc(OC)ccc2c1)c1ccccc1)OCC. The number of hydrogen-bond acceptors (Lipinski definition) is 5. The molecular weight excluding hydrogens is 437 g/mol. The molecule has 0 saturated heterocycles. The fourth-order valence-electron chi connectivity index (χ4n) is 3.77. The molecule has 176 valence electrons. The highest BCUT2D eigenvalue weighted by Gasteiger charge is 2.31. The fourth-order valence-corrected chi connectivity index (χ4v) is 5.59. The van der Waals surface area contributed by atoms with Crippen molar-refractivity contribution in [2.24, 2.45) is 0 Å². The van der Waals surface area contributed by atoms with Crippen LogP contribution in [0.5, 0.6) is 5.75 Å². The van der Waals surface area contributed by atoms with Gasteiger partial charge in [0.2, 0.25) is 5.91 Å². The Labute approximate surface area is 195 Å². The first kappa shape index (κ1) is 25.0. The Morgan fingerprint density at radius 1 is 0.909 bits per heavy atom. The molecule has 3 rings (SSSR count). The molecule has 2 atom stereocenters. The van der Waals surface area contributed by atoms with E-state index in [1.54, 1.807) is 21.0 Å². The third kappa shape index (κ3) is 6.44. The van der Waals surface area contributed by atoms with Crippen LogP contribution >= 0.6 is 7.60 Å². The van der Waals surface area contributed by atoms with Gasteiger partial charge in [0.05, 0.1) is 38.4 Å². The van der Waals surface area contributed by atoms with E-state index in [0.29, 0.717) is 0 Å². The molecule has 1 N–H and O–H groups in total. The van der Waals surface area contributed by atoms with E-state index in [0.717, 1.165) is 27.6 Å². The molecule has 0 aliphatic heterocycles. The second-order valence-electron chi connectivity index (χ2n) is 7.80. The van der Waals surface area contributed by atoms with E-state index < -0.39 is 19.6 Å². The minimum Gasteiger partial charge on any atom is -0.497 e. The van der Waals surface area contributed by atoms with Gasteiger partial charge >= 0.3 is 7.60 Å². The van der Waals surface area contributed by atoms with Crippen molar-refractivity contribution in [3.63, 3.8) is 0 Å². The van der Waals surface area contributed by atoms with Crippen LogP contribution in [0.2, 0.25) is 0 Å². The Morgan fingerprint density at radius 2 is 1.55 bits per heavy atom. The summed E-state index contributed by atoms with van der Waals surface area (Å²) in [6, 6.07) is 20.8. The molecule has 0 aromatic heterocycles. The predicted octanol–water partition coefficient (Wildman–Crippen LogP) is 6.08. The number of carbonyl (C=O) groups excluding carboxylic acids is 1. The summed E-state index contributed by atoms with van der Waals surface area (Å²) in [6.45, 7) is 5.96. The number of methoxy groups -OCH3 is 1. The van der Waals surface area contributed by atoms with Crippen LogP contribution in [0.25, 0.3) is 10.8 Å². The second kappa shape index (κ2) is 11.5. The maximum atomic E-state index is 13.3. The number of nitrogens with one attached hydrogen (secondary N) is 1. The third-order valence-corrected chi connectivity index (χ3v) is 7.66. The van der Waals surface area contributed by atoms with E-state index in [4.69, 9.17) is 13.8 Å². The Kier molecular flexibility index (Phi) is 8.67. The lowest BCUT2D eigenvalue weighted by Crippen LogP contribution is -2.34. The van der Waals surface area contributed by atoms with Crippen LogP contribution in [-0.4, -0.2) is 32.4 Å². The summed E-state index contributed by atoms with van der Waals surface area (Å²) in [7, 11) is -1.73. The summed E-state index contributed by atoms with van der Waals surface area (Å²) >= 11 is 0. The topological polar surface area (TPSA) is 73.9 Å². The number of amides is 1. The molecule has 0 aliphatic rings. The average molecular weight is 470 g/mol. The van der Waals surface area contributed by atoms with Crippen molar-refractivity contribution in [1.82, 2.24) is 5.32 Å². The van der Waals surface area contributed by atoms with E-state index in [9.17, 15) is 9.36 Å². The van der Waals surface area contributed by atoms with E-state index in [1.165, 1.54) is 0 Å². The van der Waals surface area contributed by atoms with Gasteiger partial charge in [-0.1, -0.05) is 54.6 Å². The monoisotopic (exact) mass is 469 g/mol. The quantitative estimate of drug-likeness (QED) is 0.345. The number of fused-ring (bicyclic) bond motifs is 1. The van der Waals surface area contributed by atoms with Gasteiger partial charge in [-0.15, -0.1) is 0 Å². The van der Waals surface area contributed by atoms with Crippen LogP contribution in [0.1, 0.15) is 43.9 Å². The molecule has 0 aliphatic carbocycles. The van der Waals surface area contributed by atoms with E-state index in [2.05, 4.69) is 5.32 Å². The number of carbonyl (C=O) groups is 1. The van der Waals surface area contributed by atoms with Gasteiger partial charge in [0, 0.05) is 0 Å². The minimum atomic E-state index is -3.37. The highest BCUT2D eigenvalue weighted by Crippen LogP contribution is 2.50. The lowest BCUT2D eigenvalue weighted by Gasteiger charge is -2.26. The summed E-state index contributed by atoms with van der Waals surface area (Å²) < 4.78 is 29.5. The van der Waals surface area contributed by atoms with Crippen LogP contribution < -0.4 is 10.1 Å². The lowest BCUT2D eigenvalue weighted by molar-refractivity contribution is -0.122. The summed E-state index contributed by atoms with van der Waals surface area (Å²) in [5, 5.41) is 5.16. The molecule has 3 aromatic carbocycles. The predicted molar refractivity (Wildman–Crippen MR) is 132 cm³/mol. The first-order valence-corrected chi connectivity index (χ1v) is 12.9. The van der Waals surface area contributed by atoms with Gasteiger partial charge in [0.1, 0.15) is 5.75 Å². The van der Waals surface area contributed by atoms with Crippen LogP contribution in [0.4, 0.5) is 0 Å². The molecular formula is C26H32NO5P. The van der Waals surface area contributed by atoms with Gasteiger partial charge in [-0.05, 0) is 54.8 Å². The summed E-state index contributed by atoms with van der Waals surface area (Å²) in [5.74, 6) is 0.234. The molecule has 0 heterocycles. The Bertz CT molecular complexity index is 1110. The van der Waals surface area contributed by atoms with Gasteiger partial charge in [0.15, 0.2) is 0 Å². The number of hydrogen-bond donors (Lipinski definition) is 1. The molecule has 1 amide bonds. The first-order chi connectivity index (χ1) is 15.9. The van der Waals surface area contributed by atoms with Crippen LogP contribution in [0.3, 0.4) is 0 Å². The molecule has 0 radical (unpaired) electrons. The number of ether oxygens (including phenoxy) is 1. The zero-order chi connectivity index (χ0) is 23.8. The van der Waals surface area contributed by atoms with Gasteiger partial charge < -0.3 is 19.1 Å². The van der Waals surface area contributed by atoms with Crippen molar-refractivity contribution in [2.75, 3.05) is 26.5 Å². The maximum absolute atomic E-state index is 13.3. The molecule has 0 unspecified atom stereocenters. The number of rotatable bonds is 11. The molecule has 0 saturated carbocycles. The molecule has 0 spiro atoms. The highest BCUT2D eigenvalue weighted by atomic mass is 31.2. The van der Waals surface area contributed by atoms with Gasteiger partial charge in [-0.3, -0.25) is 9.36 Å². The highest BCUT2D eigenvalue weighted by molar-refractivity contribution is 7.53. The third-order valence-electron chi connectivity index (χ3n) is 5.54. The van der Waals surface area contributed by atoms with Crippen molar-refractivity contribution >= 4 is 24.3 Å². The first-order valence-electron chi connectivity index (χ1n) is 11.2. The minimum absolute atomic E-state index is 0.0642. The summed E-state index contributed by atoms with van der Waals surface area (Å²) in [6.07, 6.45) is 0.0642. The molecule has 3 aromatic rings. The molecule has 33 heavy (non-hydrogen) atoms. The summed E-state index contributed by atoms with van der Waals surface area (Å²) in [5.41, 5.74) is 1.75. The van der Waals surface area contributed by atoms with E-state index in [-0.39, 0.29) is 25.3 Å². The zero-order valence-electron chi connectivity index (χ0n) is 19.6. The zero-order valence-corrected chi connectivity index (χ0v) is 20.5. The average Bonchev–Trinajstić information content (AvgIpc) is 2.83. The largest absolute Gasteiger partial charge is 0.497 e. The smallest absolute Gasteiger partial charge is 0.333 e. The lowest BCUT2D eigenvalue weighted by atomic mass is 9.96. The van der Waals surface area contributed by atoms with Gasteiger partial charge in [-0.25, -0.2) is 0 Å². The Balaban J connectivity index is 1.83. The molecule has 0 bridgehead atoms. The standard InChI is InChI=1S/C26H32NO5P/c1-5-31-33(29,32-6-2)18-25(20-10-8-7-9-11-20)27-26(28)19(3)21-12-13-23-17-24(30-4)15-14-22(23)16-21/h7-17,19,25H,5-6,18H2,1-4H3,(H,27,28)/t19-,25-/m0/s1. The van der Waals surface area contributed by atoms with Crippen molar-refractivity contribution in [3.05, 3.63) is 77.9 Å². The Hall–Kier alpha value is -2.66. The molecule has 7 heteroatoms. The summed E-state index contributed by atoms with van der Waals surface area (Å²) in [4.78, 5) is 13.3. The fraction of sp³-hybridized carbons (Fsp3) is 0.346. The Morgan fingerprint density at radius 3 is 2.18 bits per heavy atom. The molecule has 6 nitrogen and oxygen atoms in total. The van der Waals surface area contributed by atoms with Crippen molar-refractivity contribution in [3.8, 4) is 5.75 Å².